The van der Waals surface area contributed by atoms with E-state index in [1.165, 1.54) is 0 Å². The van der Waals surface area contributed by atoms with Crippen LogP contribution in [0.5, 0.6) is 0 Å². The summed E-state index contributed by atoms with van der Waals surface area (Å²) in [6, 6.07) is 9.90. The molecule has 0 saturated heterocycles. The van der Waals surface area contributed by atoms with Crippen molar-refractivity contribution in [3.8, 4) is 55.6 Å². The van der Waals surface area contributed by atoms with Crippen LogP contribution in [-0.4, -0.2) is 0 Å². The van der Waals surface area contributed by atoms with E-state index in [2.05, 4.69) is 0 Å². The maximum Gasteiger partial charge on any atom is 0.0651 e. The standard InChI is InChI=1S/C52H37N/c1-3-11-38(12-4-1)41-21-23-42(24-22-41)43-27-31-50(32-28-43)53(52-20-10-19-48(37-52)49-26-25-40-15-7-8-16-45(40)36-49)51-33-29-44(30-34-51)47-18-9-17-46(35-47)39-13-5-2-6-14-39/h1-37H/i1D,3D,4D,10D,11D,12D,19D,20D,21D,22D,23D,24D,27D,28D,29D,30D,31D,32D,33D,34D,37D. The average Bonchev–Trinajstić information content (AvgIpc) is 3.42. The third kappa shape index (κ3) is 6.77. The molecule has 9 aromatic rings. The fraction of sp³-hybridized carbons (Fsp3) is 0. The third-order valence-corrected chi connectivity index (χ3v) is 8.43. The van der Waals surface area contributed by atoms with Crippen LogP contribution in [0.2, 0.25) is 0 Å². The summed E-state index contributed by atoms with van der Waals surface area (Å²) in [5, 5.41) is 1.45. The summed E-state index contributed by atoms with van der Waals surface area (Å²) in [6.45, 7) is 0. The lowest BCUT2D eigenvalue weighted by Crippen LogP contribution is -2.10. The van der Waals surface area contributed by atoms with Crippen LogP contribution in [0.3, 0.4) is 0 Å². The molecule has 0 amide bonds. The molecule has 0 fully saturated rings. The zero-order valence-electron chi connectivity index (χ0n) is 48.7. The summed E-state index contributed by atoms with van der Waals surface area (Å²) >= 11 is 0. The quantitative estimate of drug-likeness (QED) is 0.153. The van der Waals surface area contributed by atoms with Crippen LogP contribution in [0.1, 0.15) is 28.8 Å². The van der Waals surface area contributed by atoms with Crippen molar-refractivity contribution in [3.63, 3.8) is 0 Å². The summed E-state index contributed by atoms with van der Waals surface area (Å²) in [5.41, 5.74) is -3.80. The Morgan fingerprint density at radius 1 is 0.283 bits per heavy atom. The predicted molar refractivity (Wildman–Crippen MR) is 226 cm³/mol. The van der Waals surface area contributed by atoms with Gasteiger partial charge in [0.15, 0.2) is 0 Å². The van der Waals surface area contributed by atoms with Gasteiger partial charge in [0, 0.05) is 17.1 Å². The fourth-order valence-corrected chi connectivity index (χ4v) is 5.80. The van der Waals surface area contributed by atoms with Gasteiger partial charge in [-0.2, -0.15) is 0 Å². The maximum atomic E-state index is 9.77. The molecule has 0 aromatic heterocycles. The van der Waals surface area contributed by atoms with Gasteiger partial charge in [-0.15, -0.1) is 0 Å². The topological polar surface area (TPSA) is 3.24 Å². The molecule has 0 bridgehead atoms. The molecule has 0 atom stereocenters. The summed E-state index contributed by atoms with van der Waals surface area (Å²) in [6.07, 6.45) is 0. The molecule has 0 heterocycles. The summed E-state index contributed by atoms with van der Waals surface area (Å²) in [4.78, 5) is 0.665. The van der Waals surface area contributed by atoms with Crippen LogP contribution < -0.4 is 4.90 Å². The maximum absolute atomic E-state index is 9.77. The van der Waals surface area contributed by atoms with E-state index in [0.29, 0.717) is 15.8 Å². The van der Waals surface area contributed by atoms with Crippen LogP contribution >= 0.6 is 0 Å². The van der Waals surface area contributed by atoms with Crippen LogP contribution in [0, 0.1) is 0 Å². The molecule has 9 rings (SSSR count). The van der Waals surface area contributed by atoms with Gasteiger partial charge in [0.1, 0.15) is 0 Å². The zero-order chi connectivity index (χ0) is 53.7. The Bertz CT molecular complexity index is 3760. The average molecular weight is 697 g/mol. The van der Waals surface area contributed by atoms with E-state index in [1.54, 1.807) is 60.7 Å². The van der Waals surface area contributed by atoms with E-state index in [-0.39, 0.29) is 22.3 Å². The van der Waals surface area contributed by atoms with E-state index in [4.69, 9.17) is 15.1 Å². The van der Waals surface area contributed by atoms with Crippen molar-refractivity contribution in [2.45, 2.75) is 0 Å². The molecular formula is C52H37N. The third-order valence-electron chi connectivity index (χ3n) is 8.43. The second kappa shape index (κ2) is 14.3. The highest BCUT2D eigenvalue weighted by molar-refractivity contribution is 5.89. The minimum Gasteiger partial charge on any atom is -0.310 e. The Balaban J connectivity index is 1.36. The minimum atomic E-state index is -1.06. The van der Waals surface area contributed by atoms with Gasteiger partial charge in [-0.05, 0) is 115 Å². The highest BCUT2D eigenvalue weighted by Gasteiger charge is 2.15. The molecule has 0 spiro atoms. The van der Waals surface area contributed by atoms with Crippen molar-refractivity contribution in [1.82, 2.24) is 0 Å². The molecule has 0 unspecified atom stereocenters. The second-order valence-electron chi connectivity index (χ2n) is 11.8. The first-order valence-electron chi connectivity index (χ1n) is 27.0. The van der Waals surface area contributed by atoms with Gasteiger partial charge >= 0.3 is 0 Å². The lowest BCUT2D eigenvalue weighted by molar-refractivity contribution is 1.28. The van der Waals surface area contributed by atoms with Crippen LogP contribution in [0.4, 0.5) is 17.1 Å². The molecule has 250 valence electrons. The van der Waals surface area contributed by atoms with Gasteiger partial charge in [0.25, 0.3) is 0 Å². The molecule has 0 radical (unpaired) electrons. The van der Waals surface area contributed by atoms with Crippen molar-refractivity contribution >= 4 is 27.8 Å². The van der Waals surface area contributed by atoms with Crippen molar-refractivity contribution < 1.29 is 28.8 Å². The van der Waals surface area contributed by atoms with Gasteiger partial charge in [-0.1, -0.05) is 176 Å². The molecular weight excluding hydrogens is 639 g/mol. The number of hydrogen-bond acceptors (Lipinski definition) is 1. The largest absolute Gasteiger partial charge is 0.310 e. The van der Waals surface area contributed by atoms with Gasteiger partial charge in [-0.3, -0.25) is 0 Å². The van der Waals surface area contributed by atoms with E-state index in [9.17, 15) is 13.7 Å². The van der Waals surface area contributed by atoms with Gasteiger partial charge in [0.05, 0.1) is 28.8 Å². The normalized spacial score (nSPS) is 16.6. The zero-order valence-corrected chi connectivity index (χ0v) is 27.7. The van der Waals surface area contributed by atoms with Crippen molar-refractivity contribution in [2.24, 2.45) is 0 Å². The Morgan fingerprint density at radius 3 is 1.43 bits per heavy atom. The van der Waals surface area contributed by atoms with Gasteiger partial charge in [0.2, 0.25) is 0 Å². The molecule has 0 saturated carbocycles. The van der Waals surface area contributed by atoms with Crippen molar-refractivity contribution in [3.05, 3.63) is 224 Å². The number of anilines is 3. The second-order valence-corrected chi connectivity index (χ2v) is 11.8. The van der Waals surface area contributed by atoms with E-state index in [1.807, 2.05) is 36.4 Å². The summed E-state index contributed by atoms with van der Waals surface area (Å²) < 4.78 is 191. The van der Waals surface area contributed by atoms with E-state index in [0.717, 1.165) is 10.9 Å². The van der Waals surface area contributed by atoms with Gasteiger partial charge in [-0.25, -0.2) is 0 Å². The molecule has 0 aliphatic carbocycles. The SMILES string of the molecule is [2H]c1c([2H])c([2H])c(-c2c([2H])c([2H])c(-c3c([2H])c([2H])c(N(c4c([2H])c([2H])c(-c5cccc(-c6ccccc6)c5)c([2H])c4[2H])c4c([2H])c([2H])c([2H])c(-c5ccc6ccccc6c5)c4[2H])c([2H])c3[2H])c([2H])c2[2H])c([2H])c1[2H]. The van der Waals surface area contributed by atoms with E-state index < -0.39 is 166 Å². The monoisotopic (exact) mass is 696 g/mol. The highest BCUT2D eigenvalue weighted by atomic mass is 15.1. The number of fused-ring (bicyclic) bond motifs is 1. The Hall–Kier alpha value is -6.96. The van der Waals surface area contributed by atoms with Crippen LogP contribution in [-0.2, 0) is 0 Å². The minimum absolute atomic E-state index is 0.177. The first kappa shape index (κ1) is 16.6. The van der Waals surface area contributed by atoms with Crippen molar-refractivity contribution in [1.29, 1.82) is 0 Å². The molecule has 1 heteroatoms. The lowest BCUT2D eigenvalue weighted by Gasteiger charge is -2.26. The molecule has 9 aromatic carbocycles. The molecule has 0 aliphatic rings. The lowest BCUT2D eigenvalue weighted by atomic mass is 9.98. The number of hydrogen-bond donors (Lipinski definition) is 0. The van der Waals surface area contributed by atoms with E-state index >= 15 is 0 Å². The number of benzene rings is 9. The van der Waals surface area contributed by atoms with Crippen LogP contribution in [0.15, 0.2) is 224 Å². The molecule has 0 aliphatic heterocycles. The first-order valence-corrected chi connectivity index (χ1v) is 16.5. The first-order chi connectivity index (χ1) is 35.0. The highest BCUT2D eigenvalue weighted by Crippen LogP contribution is 2.39. The Labute approximate surface area is 341 Å². The summed E-state index contributed by atoms with van der Waals surface area (Å²) in [7, 11) is 0. The smallest absolute Gasteiger partial charge is 0.0651 e. The van der Waals surface area contributed by atoms with Gasteiger partial charge < -0.3 is 4.90 Å². The summed E-state index contributed by atoms with van der Waals surface area (Å²) in [5.74, 6) is 0. The number of nitrogens with zero attached hydrogens (tertiary/aromatic N) is 1. The van der Waals surface area contributed by atoms with Crippen molar-refractivity contribution in [2.75, 3.05) is 4.90 Å². The Kier molecular flexibility index (Phi) is 4.49. The predicted octanol–water partition coefficient (Wildman–Crippen LogP) is 14.6. The molecule has 1 nitrogen and oxygen atoms in total. The molecule has 0 N–H and O–H groups in total. The Morgan fingerprint density at radius 2 is 0.774 bits per heavy atom. The van der Waals surface area contributed by atoms with Crippen LogP contribution in [0.25, 0.3) is 66.4 Å². The molecule has 53 heavy (non-hydrogen) atoms. The number of rotatable bonds is 8. The fourth-order valence-electron chi connectivity index (χ4n) is 5.80.